The number of aromatic nitrogens is 1. The number of benzene rings is 1. The van der Waals surface area contributed by atoms with Crippen LogP contribution in [-0.2, 0) is 25.9 Å². The number of amides is 2. The highest BCUT2D eigenvalue weighted by Gasteiger charge is 2.44. The molecule has 1 saturated heterocycles. The third-order valence-electron chi connectivity index (χ3n) is 7.17. The van der Waals surface area contributed by atoms with Crippen molar-refractivity contribution in [2.24, 2.45) is 0 Å². The highest BCUT2D eigenvalue weighted by atomic mass is 32.2. The third kappa shape index (κ3) is 5.92. The van der Waals surface area contributed by atoms with Gasteiger partial charge in [0, 0.05) is 55.5 Å². The molecule has 1 aromatic carbocycles. The highest BCUT2D eigenvalue weighted by Crippen LogP contribution is 2.25. The quantitative estimate of drug-likeness (QED) is 0.251. The Labute approximate surface area is 221 Å². The van der Waals surface area contributed by atoms with Gasteiger partial charge in [-0.1, -0.05) is 24.0 Å². The number of β-amino-alcohol motifs (C(OH)–C–C–N with tert-alkyl or cyclic N) is 1. The number of hydrogen-bond donors (Lipinski definition) is 3. The van der Waals surface area contributed by atoms with Gasteiger partial charge in [0.25, 0.3) is 5.91 Å². The lowest BCUT2D eigenvalue weighted by Gasteiger charge is -2.28. The van der Waals surface area contributed by atoms with Crippen molar-refractivity contribution in [3.8, 4) is 11.8 Å². The first-order chi connectivity index (χ1) is 18.0. The summed E-state index contributed by atoms with van der Waals surface area (Å²) in [5.74, 6) is 5.09. The molecule has 0 spiro atoms. The summed E-state index contributed by atoms with van der Waals surface area (Å²) in [4.78, 5) is 28.5. The van der Waals surface area contributed by atoms with Gasteiger partial charge in [-0.2, -0.15) is 0 Å². The minimum atomic E-state index is -3.85. The Balaban J connectivity index is 1.36. The Bertz CT molecular complexity index is 1350. The minimum Gasteiger partial charge on any atom is -0.387 e. The normalized spacial score (nSPS) is 18.3. The van der Waals surface area contributed by atoms with E-state index in [1.54, 1.807) is 12.3 Å². The molecular weight excluding hydrogens is 512 g/mol. The van der Waals surface area contributed by atoms with E-state index in [9.17, 15) is 23.1 Å². The van der Waals surface area contributed by atoms with Crippen LogP contribution in [0.2, 0.25) is 0 Å². The number of carbonyl (C=O) groups is 2. The molecule has 2 aliphatic rings. The van der Waals surface area contributed by atoms with E-state index < -0.39 is 26.6 Å². The molecule has 2 atom stereocenters. The maximum absolute atomic E-state index is 12.8. The molecule has 0 unspecified atom stereocenters. The number of ether oxygens (including phenoxy) is 1. The molecule has 2 amide bonds. The molecule has 1 fully saturated rings. The van der Waals surface area contributed by atoms with Crippen LogP contribution in [0.3, 0.4) is 0 Å². The first-order valence-corrected chi connectivity index (χ1v) is 14.2. The van der Waals surface area contributed by atoms with Crippen molar-refractivity contribution in [1.29, 1.82) is 0 Å². The van der Waals surface area contributed by atoms with E-state index >= 15 is 0 Å². The predicted molar refractivity (Wildman–Crippen MR) is 138 cm³/mol. The van der Waals surface area contributed by atoms with Gasteiger partial charge < -0.3 is 14.7 Å². The summed E-state index contributed by atoms with van der Waals surface area (Å²) in [5, 5.41) is 19.5. The molecule has 0 saturated carbocycles. The molecule has 2 aromatic rings. The van der Waals surface area contributed by atoms with Gasteiger partial charge in [-0.3, -0.25) is 19.5 Å². The van der Waals surface area contributed by atoms with Crippen molar-refractivity contribution in [2.75, 3.05) is 45.6 Å². The number of hydroxylamine groups is 1. The molecule has 1 aromatic heterocycles. The van der Waals surface area contributed by atoms with Crippen molar-refractivity contribution in [3.63, 3.8) is 0 Å². The maximum Gasteiger partial charge on any atom is 0.328 e. The maximum atomic E-state index is 12.8. The van der Waals surface area contributed by atoms with Crippen molar-refractivity contribution >= 4 is 21.8 Å². The van der Waals surface area contributed by atoms with Gasteiger partial charge in [-0.25, -0.2) is 18.7 Å². The number of rotatable bonds is 8. The summed E-state index contributed by atoms with van der Waals surface area (Å²) >= 11 is 0. The van der Waals surface area contributed by atoms with E-state index in [0.29, 0.717) is 31.0 Å². The van der Waals surface area contributed by atoms with Crippen LogP contribution in [0, 0.1) is 11.8 Å². The van der Waals surface area contributed by atoms with Crippen molar-refractivity contribution in [2.45, 2.75) is 30.7 Å². The Morgan fingerprint density at radius 2 is 1.84 bits per heavy atom. The van der Waals surface area contributed by atoms with E-state index in [1.165, 1.54) is 21.9 Å². The van der Waals surface area contributed by atoms with Crippen LogP contribution in [0.15, 0.2) is 36.5 Å². The van der Waals surface area contributed by atoms with Crippen LogP contribution >= 0.6 is 0 Å². The van der Waals surface area contributed by atoms with Crippen LogP contribution in [0.1, 0.15) is 41.8 Å². The standard InChI is InChI=1S/C26H32N4O7S/c1-26(24(32)27-34,38(2,35)36)9-10-29-17-22-15-20(16-30(22)25(29)33)4-3-19-5-7-21(8-6-19)23(31)18-28-11-13-37-14-12-28/h5-8,15-16,23,31,34H,9-14,17-18H2,1-2H3,(H,27,32)/t23-,26-/m1/s1. The Morgan fingerprint density at radius 1 is 1.18 bits per heavy atom. The fourth-order valence-electron chi connectivity index (χ4n) is 4.47. The topological polar surface area (TPSA) is 141 Å². The molecule has 4 rings (SSSR count). The summed E-state index contributed by atoms with van der Waals surface area (Å²) in [6.07, 6.45) is 1.79. The number of hydrogen-bond acceptors (Lipinski definition) is 8. The van der Waals surface area contributed by atoms with Crippen molar-refractivity contribution in [3.05, 3.63) is 58.9 Å². The second-order valence-electron chi connectivity index (χ2n) is 9.79. The van der Waals surface area contributed by atoms with Gasteiger partial charge in [-0.15, -0.1) is 0 Å². The predicted octanol–water partition coefficient (Wildman–Crippen LogP) is 0.736. The fraction of sp³-hybridized carbons (Fsp3) is 0.462. The SMILES string of the molecule is C[C@@](CCN1Cc2cc(C#Cc3ccc([C@H](O)CN4CCOCC4)cc3)cn2C1=O)(C(=O)NO)S(C)(=O)=O. The van der Waals surface area contributed by atoms with Crippen LogP contribution in [0.4, 0.5) is 4.79 Å². The zero-order chi connectivity index (χ0) is 27.5. The molecule has 204 valence electrons. The van der Waals surface area contributed by atoms with Crippen LogP contribution in [0.5, 0.6) is 0 Å². The molecule has 12 heteroatoms. The van der Waals surface area contributed by atoms with E-state index in [0.717, 1.165) is 30.5 Å². The summed E-state index contributed by atoms with van der Waals surface area (Å²) in [5.41, 5.74) is 4.36. The number of fused-ring (bicyclic) bond motifs is 1. The number of aliphatic hydroxyl groups excluding tert-OH is 1. The number of aliphatic hydroxyl groups is 1. The van der Waals surface area contributed by atoms with Gasteiger partial charge in [0.05, 0.1) is 25.9 Å². The van der Waals surface area contributed by atoms with E-state index in [2.05, 4.69) is 16.7 Å². The molecule has 0 bridgehead atoms. The molecule has 0 radical (unpaired) electrons. The summed E-state index contributed by atoms with van der Waals surface area (Å²) in [6, 6.07) is 8.87. The van der Waals surface area contributed by atoms with Gasteiger partial charge in [-0.05, 0) is 37.1 Å². The average Bonchev–Trinajstić information content (AvgIpc) is 3.43. The molecule has 3 N–H and O–H groups in total. The number of nitrogens with zero attached hydrogens (tertiary/aromatic N) is 3. The van der Waals surface area contributed by atoms with E-state index in [-0.39, 0.29) is 25.5 Å². The highest BCUT2D eigenvalue weighted by molar-refractivity contribution is 7.92. The summed E-state index contributed by atoms with van der Waals surface area (Å²) in [6.45, 7) is 5.02. The fourth-order valence-corrected chi connectivity index (χ4v) is 5.31. The van der Waals surface area contributed by atoms with E-state index in [4.69, 9.17) is 9.94 Å². The van der Waals surface area contributed by atoms with Crippen molar-refractivity contribution in [1.82, 2.24) is 19.8 Å². The third-order valence-corrected chi connectivity index (χ3v) is 9.20. The zero-order valence-corrected chi connectivity index (χ0v) is 22.2. The molecule has 0 aliphatic carbocycles. The average molecular weight is 545 g/mol. The number of nitrogens with one attached hydrogen (secondary N) is 1. The first kappa shape index (κ1) is 27.8. The van der Waals surface area contributed by atoms with Gasteiger partial charge in [0.15, 0.2) is 14.6 Å². The van der Waals surface area contributed by atoms with Crippen LogP contribution in [0.25, 0.3) is 0 Å². The molecule has 3 heterocycles. The second-order valence-corrected chi connectivity index (χ2v) is 12.2. The monoisotopic (exact) mass is 544 g/mol. The van der Waals surface area contributed by atoms with Crippen LogP contribution in [-0.4, -0.2) is 95.4 Å². The number of sulfone groups is 1. The summed E-state index contributed by atoms with van der Waals surface area (Å²) in [7, 11) is -3.85. The number of carbonyl (C=O) groups excluding carboxylic acids is 2. The Kier molecular flexibility index (Phi) is 8.25. The molecule has 38 heavy (non-hydrogen) atoms. The molecule has 2 aliphatic heterocycles. The molecule has 11 nitrogen and oxygen atoms in total. The van der Waals surface area contributed by atoms with Gasteiger partial charge in [0.1, 0.15) is 0 Å². The smallest absolute Gasteiger partial charge is 0.328 e. The zero-order valence-electron chi connectivity index (χ0n) is 21.4. The molecular formula is C26H32N4O7S. The first-order valence-electron chi connectivity index (χ1n) is 12.3. The van der Waals surface area contributed by atoms with E-state index in [1.807, 2.05) is 24.3 Å². The van der Waals surface area contributed by atoms with Gasteiger partial charge >= 0.3 is 6.03 Å². The van der Waals surface area contributed by atoms with Crippen molar-refractivity contribution < 1.29 is 33.1 Å². The Morgan fingerprint density at radius 3 is 2.45 bits per heavy atom. The number of morpholine rings is 1. The second kappa shape index (κ2) is 11.3. The lowest BCUT2D eigenvalue weighted by Crippen LogP contribution is -2.50. The summed E-state index contributed by atoms with van der Waals surface area (Å²) < 4.78 is 29.2. The van der Waals surface area contributed by atoms with Gasteiger partial charge in [0.2, 0.25) is 0 Å². The lowest BCUT2D eigenvalue weighted by atomic mass is 10.1. The minimum absolute atomic E-state index is 0.0161. The van der Waals surface area contributed by atoms with Crippen LogP contribution < -0.4 is 5.48 Å². The Hall–Kier alpha value is -3.21. The largest absolute Gasteiger partial charge is 0.387 e. The lowest BCUT2D eigenvalue weighted by molar-refractivity contribution is -0.131.